The van der Waals surface area contributed by atoms with Crippen LogP contribution < -0.4 is 4.74 Å². The van der Waals surface area contributed by atoms with Crippen molar-refractivity contribution in [1.29, 1.82) is 0 Å². The Hall–Kier alpha value is -3.25. The summed E-state index contributed by atoms with van der Waals surface area (Å²) in [6, 6.07) is 12.6. The van der Waals surface area contributed by atoms with Crippen molar-refractivity contribution < 1.29 is 23.8 Å². The lowest BCUT2D eigenvalue weighted by Crippen LogP contribution is -2.34. The molecule has 0 saturated heterocycles. The van der Waals surface area contributed by atoms with Gasteiger partial charge in [0.25, 0.3) is 0 Å². The highest BCUT2D eigenvalue weighted by Gasteiger charge is 2.38. The molecule has 7 heteroatoms. The minimum Gasteiger partial charge on any atom is -0.493 e. The van der Waals surface area contributed by atoms with E-state index in [0.717, 1.165) is 16.5 Å². The molecule has 0 aliphatic carbocycles. The number of benzene rings is 2. The molecule has 164 valence electrons. The summed E-state index contributed by atoms with van der Waals surface area (Å²) in [4.78, 5) is 25.7. The molecular formula is C25H22ClNO5. The highest BCUT2D eigenvalue weighted by molar-refractivity contribution is 6.31. The van der Waals surface area contributed by atoms with Crippen LogP contribution in [0.1, 0.15) is 49.2 Å². The fourth-order valence-corrected chi connectivity index (χ4v) is 4.31. The molecule has 3 aromatic rings. The maximum Gasteiger partial charge on any atom is 0.419 e. The second kappa shape index (κ2) is 7.41. The molecule has 32 heavy (non-hydrogen) atoms. The molecule has 0 N–H and O–H groups in total. The second-order valence-corrected chi connectivity index (χ2v) is 9.40. The predicted octanol–water partition coefficient (Wildman–Crippen LogP) is 6.07. The first-order chi connectivity index (χ1) is 15.2. The Morgan fingerprint density at radius 2 is 1.94 bits per heavy atom. The van der Waals surface area contributed by atoms with Crippen LogP contribution >= 0.6 is 11.6 Å². The third-order valence-electron chi connectivity index (χ3n) is 5.53. The molecule has 2 aliphatic heterocycles. The quantitative estimate of drug-likeness (QED) is 0.449. The molecule has 0 amide bonds. The average Bonchev–Trinajstić information content (AvgIpc) is 3.13. The lowest BCUT2D eigenvalue weighted by molar-refractivity contribution is 0.0531. The van der Waals surface area contributed by atoms with Crippen LogP contribution in [0, 0.1) is 0 Å². The standard InChI is InChI=1S/C25H22ClNO5/c1-25(2,3)32-24(29)27-12-17(15-6-4-5-7-19(15)27)21-11-22-18(13-30-21)23(28)16-10-14(26)8-9-20(16)31-22/h4-10,12-13,21-22H,11H2,1-3H3/t21-,22-/m1/s1. The SMILES string of the molecule is CC(C)(C)OC(=O)n1cc([C@H]2C[C@H]3Oc4ccc(Cl)cc4C(=O)C3=CO2)c2ccccc21. The first kappa shape index (κ1) is 20.6. The van der Waals surface area contributed by atoms with Gasteiger partial charge >= 0.3 is 6.09 Å². The summed E-state index contributed by atoms with van der Waals surface area (Å²) in [5.41, 5.74) is 1.85. The third kappa shape index (κ3) is 3.54. The van der Waals surface area contributed by atoms with Crippen molar-refractivity contribution in [2.75, 3.05) is 0 Å². The van der Waals surface area contributed by atoms with Crippen molar-refractivity contribution in [3.8, 4) is 5.75 Å². The van der Waals surface area contributed by atoms with Gasteiger partial charge in [-0.2, -0.15) is 0 Å². The monoisotopic (exact) mass is 451 g/mol. The topological polar surface area (TPSA) is 66.8 Å². The summed E-state index contributed by atoms with van der Waals surface area (Å²) in [7, 11) is 0. The maximum absolute atomic E-state index is 12.9. The number of hydrogen-bond donors (Lipinski definition) is 0. The van der Waals surface area contributed by atoms with E-state index in [4.69, 9.17) is 25.8 Å². The number of rotatable bonds is 1. The molecule has 1 aromatic heterocycles. The van der Waals surface area contributed by atoms with Gasteiger partial charge in [0.2, 0.25) is 0 Å². The second-order valence-electron chi connectivity index (χ2n) is 8.96. The number of aromatic nitrogens is 1. The normalized spacial score (nSPS) is 20.0. The molecule has 0 radical (unpaired) electrons. The van der Waals surface area contributed by atoms with Gasteiger partial charge in [0.05, 0.1) is 22.9 Å². The third-order valence-corrected chi connectivity index (χ3v) is 5.77. The summed E-state index contributed by atoms with van der Waals surface area (Å²) in [5, 5.41) is 1.36. The number of carbonyl (C=O) groups is 2. The summed E-state index contributed by atoms with van der Waals surface area (Å²) in [6.07, 6.45) is 2.37. The number of nitrogens with zero attached hydrogens (tertiary/aromatic N) is 1. The van der Waals surface area contributed by atoms with E-state index < -0.39 is 17.8 Å². The number of halogens is 1. The number of Topliss-reactive ketones (excluding diaryl/α,β-unsaturated/α-hetero) is 1. The fourth-order valence-electron chi connectivity index (χ4n) is 4.14. The van der Waals surface area contributed by atoms with Gasteiger partial charge in [-0.3, -0.25) is 9.36 Å². The molecule has 0 fully saturated rings. The zero-order chi connectivity index (χ0) is 22.6. The van der Waals surface area contributed by atoms with Gasteiger partial charge in [-0.15, -0.1) is 0 Å². The minimum atomic E-state index is -0.617. The van der Waals surface area contributed by atoms with Crippen LogP contribution in [0.15, 0.2) is 60.5 Å². The van der Waals surface area contributed by atoms with Crippen LogP contribution in [0.3, 0.4) is 0 Å². The summed E-state index contributed by atoms with van der Waals surface area (Å²) < 4.78 is 19.2. The molecule has 0 bridgehead atoms. The van der Waals surface area contributed by atoms with E-state index in [-0.39, 0.29) is 11.9 Å². The van der Waals surface area contributed by atoms with Crippen molar-refractivity contribution in [3.05, 3.63) is 76.6 Å². The molecule has 2 atom stereocenters. The molecule has 5 rings (SSSR count). The number of ketones is 1. The zero-order valence-electron chi connectivity index (χ0n) is 17.9. The van der Waals surface area contributed by atoms with E-state index in [1.54, 1.807) is 24.4 Å². The van der Waals surface area contributed by atoms with Crippen molar-refractivity contribution >= 4 is 34.4 Å². The molecule has 0 unspecified atom stereocenters. The smallest absolute Gasteiger partial charge is 0.419 e. The van der Waals surface area contributed by atoms with Crippen LogP contribution in [-0.2, 0) is 9.47 Å². The van der Waals surface area contributed by atoms with E-state index in [2.05, 4.69) is 0 Å². The highest BCUT2D eigenvalue weighted by atomic mass is 35.5. The van der Waals surface area contributed by atoms with E-state index in [1.165, 1.54) is 10.8 Å². The Morgan fingerprint density at radius 3 is 2.72 bits per heavy atom. The molecule has 2 aliphatic rings. The number of carbonyl (C=O) groups excluding carboxylic acids is 2. The molecule has 3 heterocycles. The number of para-hydroxylation sites is 1. The summed E-state index contributed by atoms with van der Waals surface area (Å²) >= 11 is 6.05. The van der Waals surface area contributed by atoms with Gasteiger partial charge < -0.3 is 14.2 Å². The fraction of sp³-hybridized carbons (Fsp3) is 0.280. The Morgan fingerprint density at radius 1 is 1.16 bits per heavy atom. The Labute approximate surface area is 190 Å². The van der Waals surface area contributed by atoms with Crippen molar-refractivity contribution in [2.24, 2.45) is 0 Å². The van der Waals surface area contributed by atoms with Gasteiger partial charge in [-0.25, -0.2) is 4.79 Å². The van der Waals surface area contributed by atoms with E-state index in [9.17, 15) is 9.59 Å². The molecule has 2 aromatic carbocycles. The van der Waals surface area contributed by atoms with Gasteiger partial charge in [0.15, 0.2) is 5.78 Å². The Balaban J connectivity index is 1.50. The Bertz CT molecular complexity index is 1280. The van der Waals surface area contributed by atoms with Crippen LogP contribution in [-0.4, -0.2) is 28.1 Å². The van der Waals surface area contributed by atoms with E-state index in [1.807, 2.05) is 45.0 Å². The van der Waals surface area contributed by atoms with Crippen molar-refractivity contribution in [2.45, 2.75) is 45.0 Å². The zero-order valence-corrected chi connectivity index (χ0v) is 18.7. The number of hydrogen-bond acceptors (Lipinski definition) is 5. The molecule has 0 spiro atoms. The number of ether oxygens (including phenoxy) is 3. The van der Waals surface area contributed by atoms with E-state index in [0.29, 0.717) is 28.3 Å². The highest BCUT2D eigenvalue weighted by Crippen LogP contribution is 2.41. The first-order valence-corrected chi connectivity index (χ1v) is 10.8. The molecular weight excluding hydrogens is 430 g/mol. The van der Waals surface area contributed by atoms with Gasteiger partial charge in [-0.05, 0) is 45.0 Å². The summed E-state index contributed by atoms with van der Waals surface area (Å²) in [5.74, 6) is 0.367. The van der Waals surface area contributed by atoms with Crippen LogP contribution in [0.25, 0.3) is 10.9 Å². The minimum absolute atomic E-state index is 0.145. The van der Waals surface area contributed by atoms with E-state index >= 15 is 0 Å². The average molecular weight is 452 g/mol. The van der Waals surface area contributed by atoms with Crippen molar-refractivity contribution in [3.63, 3.8) is 0 Å². The predicted molar refractivity (Wildman–Crippen MR) is 120 cm³/mol. The van der Waals surface area contributed by atoms with Gasteiger partial charge in [0.1, 0.15) is 23.6 Å². The van der Waals surface area contributed by atoms with Gasteiger partial charge in [0, 0.05) is 28.6 Å². The maximum atomic E-state index is 12.9. The lowest BCUT2D eigenvalue weighted by atomic mass is 9.89. The van der Waals surface area contributed by atoms with Crippen LogP contribution in [0.4, 0.5) is 4.79 Å². The summed E-state index contributed by atoms with van der Waals surface area (Å²) in [6.45, 7) is 5.49. The molecule has 0 saturated carbocycles. The molecule has 6 nitrogen and oxygen atoms in total. The largest absolute Gasteiger partial charge is 0.493 e. The van der Waals surface area contributed by atoms with Gasteiger partial charge in [-0.1, -0.05) is 29.8 Å². The van der Waals surface area contributed by atoms with Crippen LogP contribution in [0.2, 0.25) is 5.02 Å². The van der Waals surface area contributed by atoms with Crippen molar-refractivity contribution in [1.82, 2.24) is 4.57 Å². The number of fused-ring (bicyclic) bond motifs is 3. The Kier molecular flexibility index (Phi) is 4.78. The lowest BCUT2D eigenvalue weighted by Gasteiger charge is -2.33. The first-order valence-electron chi connectivity index (χ1n) is 10.4. The van der Waals surface area contributed by atoms with Crippen LogP contribution in [0.5, 0.6) is 5.75 Å².